The first-order valence-corrected chi connectivity index (χ1v) is 7.23. The molecule has 0 aliphatic heterocycles. The van der Waals surface area contributed by atoms with Gasteiger partial charge in [-0.15, -0.1) is 0 Å². The van der Waals surface area contributed by atoms with Crippen LogP contribution >= 0.6 is 0 Å². The van der Waals surface area contributed by atoms with E-state index in [-0.39, 0.29) is 5.41 Å². The van der Waals surface area contributed by atoms with Gasteiger partial charge >= 0.3 is 0 Å². The molecule has 0 fully saturated rings. The van der Waals surface area contributed by atoms with E-state index in [1.54, 1.807) is 7.11 Å². The maximum absolute atomic E-state index is 10.9. The molecule has 0 radical (unpaired) electrons. The monoisotopic (exact) mass is 284 g/mol. The lowest BCUT2D eigenvalue weighted by Crippen LogP contribution is -2.23. The Kier molecular flexibility index (Phi) is 4.11. The van der Waals surface area contributed by atoms with Gasteiger partial charge in [0.1, 0.15) is 11.4 Å². The van der Waals surface area contributed by atoms with E-state index in [9.17, 15) is 5.11 Å². The Hall–Kier alpha value is -1.80. The zero-order valence-corrected chi connectivity index (χ0v) is 13.5. The molecule has 0 bridgehead atoms. The fourth-order valence-corrected chi connectivity index (χ4v) is 2.38. The van der Waals surface area contributed by atoms with Crippen LogP contribution in [0.15, 0.2) is 48.5 Å². The summed E-state index contributed by atoms with van der Waals surface area (Å²) < 4.78 is 5.16. The van der Waals surface area contributed by atoms with Crippen LogP contribution in [0.25, 0.3) is 0 Å². The van der Waals surface area contributed by atoms with E-state index < -0.39 is 5.60 Å². The van der Waals surface area contributed by atoms with Crippen LogP contribution in [-0.4, -0.2) is 12.2 Å². The summed E-state index contributed by atoms with van der Waals surface area (Å²) in [7, 11) is 1.64. The summed E-state index contributed by atoms with van der Waals surface area (Å²) in [6.45, 7) is 8.37. The van der Waals surface area contributed by atoms with Crippen LogP contribution in [0, 0.1) is 0 Å². The molecule has 2 aromatic rings. The summed E-state index contributed by atoms with van der Waals surface area (Å²) >= 11 is 0. The Morgan fingerprint density at radius 2 is 1.10 bits per heavy atom. The first-order chi connectivity index (χ1) is 9.75. The van der Waals surface area contributed by atoms with Crippen molar-refractivity contribution in [1.29, 1.82) is 0 Å². The van der Waals surface area contributed by atoms with Crippen molar-refractivity contribution in [3.8, 4) is 5.75 Å². The van der Waals surface area contributed by atoms with E-state index in [4.69, 9.17) is 4.74 Å². The van der Waals surface area contributed by atoms with E-state index in [0.29, 0.717) is 0 Å². The molecule has 1 atom stereocenters. The highest BCUT2D eigenvalue weighted by atomic mass is 16.5. The van der Waals surface area contributed by atoms with Crippen LogP contribution in [0.4, 0.5) is 0 Å². The number of benzene rings is 2. The average Bonchev–Trinajstić information content (AvgIpc) is 2.46. The van der Waals surface area contributed by atoms with Crippen molar-refractivity contribution >= 4 is 0 Å². The lowest BCUT2D eigenvalue weighted by Gasteiger charge is -2.26. The normalized spacial score (nSPS) is 14.6. The second kappa shape index (κ2) is 5.53. The molecule has 0 aliphatic carbocycles. The van der Waals surface area contributed by atoms with Crippen LogP contribution in [-0.2, 0) is 11.0 Å². The molecule has 2 aromatic carbocycles. The lowest BCUT2D eigenvalue weighted by molar-refractivity contribution is 0.102. The van der Waals surface area contributed by atoms with Crippen molar-refractivity contribution in [2.24, 2.45) is 0 Å². The lowest BCUT2D eigenvalue weighted by atomic mass is 9.83. The van der Waals surface area contributed by atoms with Crippen LogP contribution in [0.1, 0.15) is 44.4 Å². The van der Waals surface area contributed by atoms with Gasteiger partial charge in [0.05, 0.1) is 7.11 Å². The number of ether oxygens (including phenoxy) is 1. The first-order valence-electron chi connectivity index (χ1n) is 7.23. The minimum Gasteiger partial charge on any atom is -0.497 e. The van der Waals surface area contributed by atoms with Gasteiger partial charge in [0.2, 0.25) is 0 Å². The van der Waals surface area contributed by atoms with Gasteiger partial charge in [-0.05, 0) is 41.2 Å². The molecule has 0 aromatic heterocycles. The van der Waals surface area contributed by atoms with Gasteiger partial charge in [0.15, 0.2) is 0 Å². The molecule has 0 amide bonds. The maximum Gasteiger partial charge on any atom is 0.118 e. The molecule has 0 saturated carbocycles. The summed E-state index contributed by atoms with van der Waals surface area (Å²) in [5.41, 5.74) is 2.11. The van der Waals surface area contributed by atoms with Crippen molar-refractivity contribution in [3.63, 3.8) is 0 Å². The van der Waals surface area contributed by atoms with Crippen molar-refractivity contribution in [2.75, 3.05) is 7.11 Å². The summed E-state index contributed by atoms with van der Waals surface area (Å²) in [5, 5.41) is 10.9. The first kappa shape index (κ1) is 15.6. The molecule has 0 spiro atoms. The smallest absolute Gasteiger partial charge is 0.118 e. The van der Waals surface area contributed by atoms with Crippen LogP contribution in [0.2, 0.25) is 0 Å². The topological polar surface area (TPSA) is 29.5 Å². The van der Waals surface area contributed by atoms with E-state index in [2.05, 4.69) is 32.9 Å². The molecule has 1 N–H and O–H groups in total. The minimum absolute atomic E-state index is 0.116. The Balaban J connectivity index is 2.34. The third kappa shape index (κ3) is 3.27. The number of methoxy groups -OCH3 is 1. The maximum atomic E-state index is 10.9. The summed E-state index contributed by atoms with van der Waals surface area (Å²) in [6, 6.07) is 15.7. The number of aliphatic hydroxyl groups is 1. The molecule has 0 aliphatic rings. The van der Waals surface area contributed by atoms with Gasteiger partial charge in [-0.3, -0.25) is 0 Å². The molecule has 0 saturated heterocycles. The second-order valence-corrected chi connectivity index (χ2v) is 6.63. The standard InChI is InChI=1S/C19H24O2/c1-18(2,3)14-6-8-15(9-7-14)19(4,20)16-10-12-17(21-5)13-11-16/h6-13,20H,1-5H3. The van der Waals surface area contributed by atoms with Crippen LogP contribution in [0.5, 0.6) is 5.75 Å². The van der Waals surface area contributed by atoms with E-state index in [1.165, 1.54) is 5.56 Å². The molecule has 0 heterocycles. The summed E-state index contributed by atoms with van der Waals surface area (Å²) in [6.07, 6.45) is 0. The Morgan fingerprint density at radius 3 is 1.48 bits per heavy atom. The van der Waals surface area contributed by atoms with Crippen molar-refractivity contribution < 1.29 is 9.84 Å². The molecule has 2 nitrogen and oxygen atoms in total. The largest absolute Gasteiger partial charge is 0.497 e. The zero-order chi connectivity index (χ0) is 15.7. The van der Waals surface area contributed by atoms with Crippen molar-refractivity contribution in [1.82, 2.24) is 0 Å². The van der Waals surface area contributed by atoms with Crippen LogP contribution in [0.3, 0.4) is 0 Å². The average molecular weight is 284 g/mol. The fourth-order valence-electron chi connectivity index (χ4n) is 2.38. The highest BCUT2D eigenvalue weighted by Gasteiger charge is 2.26. The van der Waals surface area contributed by atoms with E-state index in [1.807, 2.05) is 43.3 Å². The SMILES string of the molecule is COc1ccc(C(C)(O)c2ccc(C(C)(C)C)cc2)cc1. The van der Waals surface area contributed by atoms with Gasteiger partial charge < -0.3 is 9.84 Å². The van der Waals surface area contributed by atoms with Gasteiger partial charge in [0, 0.05) is 0 Å². The highest BCUT2D eigenvalue weighted by molar-refractivity contribution is 5.39. The van der Waals surface area contributed by atoms with Gasteiger partial charge in [0.25, 0.3) is 0 Å². The molecule has 21 heavy (non-hydrogen) atoms. The number of hydrogen-bond acceptors (Lipinski definition) is 2. The predicted molar refractivity (Wildman–Crippen MR) is 86.8 cm³/mol. The minimum atomic E-state index is -1.01. The number of hydrogen-bond donors (Lipinski definition) is 1. The molecule has 2 rings (SSSR count). The quantitative estimate of drug-likeness (QED) is 0.913. The molecule has 2 heteroatoms. The Bertz CT molecular complexity index is 587. The van der Waals surface area contributed by atoms with E-state index >= 15 is 0 Å². The van der Waals surface area contributed by atoms with Gasteiger partial charge in [-0.1, -0.05) is 57.2 Å². The predicted octanol–water partition coefficient (Wildman–Crippen LogP) is 4.25. The molecule has 1 unspecified atom stereocenters. The third-order valence-electron chi connectivity index (χ3n) is 3.97. The van der Waals surface area contributed by atoms with Gasteiger partial charge in [-0.2, -0.15) is 0 Å². The van der Waals surface area contributed by atoms with Crippen molar-refractivity contribution in [3.05, 3.63) is 65.2 Å². The molecule has 112 valence electrons. The molecular formula is C19H24O2. The Morgan fingerprint density at radius 1 is 0.714 bits per heavy atom. The second-order valence-electron chi connectivity index (χ2n) is 6.63. The third-order valence-corrected chi connectivity index (χ3v) is 3.97. The number of rotatable bonds is 3. The zero-order valence-electron chi connectivity index (χ0n) is 13.5. The van der Waals surface area contributed by atoms with Crippen LogP contribution < -0.4 is 4.74 Å². The van der Waals surface area contributed by atoms with Crippen molar-refractivity contribution in [2.45, 2.75) is 38.7 Å². The Labute approximate surface area is 127 Å². The summed E-state index contributed by atoms with van der Waals surface area (Å²) in [5.74, 6) is 0.789. The highest BCUT2D eigenvalue weighted by Crippen LogP contribution is 2.32. The molecular weight excluding hydrogens is 260 g/mol. The van der Waals surface area contributed by atoms with E-state index in [0.717, 1.165) is 16.9 Å². The fraction of sp³-hybridized carbons (Fsp3) is 0.368. The summed E-state index contributed by atoms with van der Waals surface area (Å²) in [4.78, 5) is 0. The van der Waals surface area contributed by atoms with Gasteiger partial charge in [-0.25, -0.2) is 0 Å².